The summed E-state index contributed by atoms with van der Waals surface area (Å²) in [5, 5.41) is 8.16. The first kappa shape index (κ1) is 14.6. The number of methoxy groups -OCH3 is 1. The second kappa shape index (κ2) is 7.82. The first-order chi connectivity index (χ1) is 7.00. The number of carboxylic acid groups (broad SMARTS) is 1. The van der Waals surface area contributed by atoms with Gasteiger partial charge in [-0.05, 0) is 18.8 Å². The van der Waals surface area contributed by atoms with Gasteiger partial charge in [-0.15, -0.1) is 0 Å². The van der Waals surface area contributed by atoms with Crippen LogP contribution in [0.4, 0.5) is 0 Å². The minimum Gasteiger partial charge on any atom is -0.480 e. The number of carbonyl (C=O) groups is 1. The van der Waals surface area contributed by atoms with Crippen LogP contribution >= 0.6 is 0 Å². The van der Waals surface area contributed by atoms with Crippen LogP contribution in [0.2, 0.25) is 0 Å². The van der Waals surface area contributed by atoms with Gasteiger partial charge in [0.1, 0.15) is 5.25 Å². The van der Waals surface area contributed by atoms with Gasteiger partial charge in [0.15, 0.2) is 0 Å². The van der Waals surface area contributed by atoms with Crippen molar-refractivity contribution in [2.45, 2.75) is 31.9 Å². The maximum absolute atomic E-state index is 11.7. The lowest BCUT2D eigenvalue weighted by molar-refractivity contribution is -0.137. The highest BCUT2D eigenvalue weighted by Crippen LogP contribution is 2.11. The molecule has 0 aromatic carbocycles. The summed E-state index contributed by atoms with van der Waals surface area (Å²) in [6, 6.07) is 0. The Labute approximate surface area is 93.5 Å². The lowest BCUT2D eigenvalue weighted by Crippen LogP contribution is -2.32. The average Bonchev–Trinajstić information content (AvgIpc) is 2.11. The Hall–Kier alpha value is -0.420. The zero-order valence-corrected chi connectivity index (χ0v) is 10.4. The molecule has 0 amide bonds. The molecule has 0 aliphatic rings. The van der Waals surface area contributed by atoms with Gasteiger partial charge < -0.3 is 9.84 Å². The summed E-state index contributed by atoms with van der Waals surface area (Å²) in [4.78, 5) is 10.9. The molecule has 2 atom stereocenters. The van der Waals surface area contributed by atoms with E-state index in [1.165, 1.54) is 0 Å². The number of hydrogen-bond donors (Lipinski definition) is 1. The molecule has 0 bridgehead atoms. The first-order valence-corrected chi connectivity index (χ1v) is 6.47. The molecule has 0 saturated heterocycles. The molecular formula is C10H20O4S. The van der Waals surface area contributed by atoms with E-state index in [4.69, 9.17) is 9.84 Å². The van der Waals surface area contributed by atoms with Crippen LogP contribution in [0.25, 0.3) is 0 Å². The van der Waals surface area contributed by atoms with Crippen LogP contribution in [0.1, 0.15) is 26.7 Å². The van der Waals surface area contributed by atoms with Crippen LogP contribution in [0.15, 0.2) is 0 Å². The van der Waals surface area contributed by atoms with E-state index in [0.29, 0.717) is 12.4 Å². The zero-order chi connectivity index (χ0) is 11.8. The third kappa shape index (κ3) is 5.89. The van der Waals surface area contributed by atoms with Crippen molar-refractivity contribution < 1.29 is 18.8 Å². The summed E-state index contributed by atoms with van der Waals surface area (Å²) in [5.41, 5.74) is 0. The van der Waals surface area contributed by atoms with Gasteiger partial charge in [-0.25, -0.2) is 0 Å². The Morgan fingerprint density at radius 2 is 2.00 bits per heavy atom. The quantitative estimate of drug-likeness (QED) is 0.645. The Kier molecular flexibility index (Phi) is 7.60. The molecule has 0 fully saturated rings. The van der Waals surface area contributed by atoms with Gasteiger partial charge >= 0.3 is 5.97 Å². The van der Waals surface area contributed by atoms with Crippen LogP contribution in [-0.2, 0) is 20.3 Å². The molecule has 0 radical (unpaired) electrons. The molecule has 0 saturated carbocycles. The van der Waals surface area contributed by atoms with Crippen molar-refractivity contribution in [1.29, 1.82) is 0 Å². The van der Waals surface area contributed by atoms with E-state index in [1.807, 2.05) is 0 Å². The van der Waals surface area contributed by atoms with Crippen LogP contribution in [0.3, 0.4) is 0 Å². The summed E-state index contributed by atoms with van der Waals surface area (Å²) in [6.45, 7) is 4.20. The molecule has 0 aliphatic heterocycles. The summed E-state index contributed by atoms with van der Waals surface area (Å²) in [7, 11) is 0.340. The number of carboxylic acids is 1. The van der Waals surface area contributed by atoms with E-state index in [9.17, 15) is 9.00 Å². The van der Waals surface area contributed by atoms with Crippen molar-refractivity contribution in [3.05, 3.63) is 0 Å². The van der Waals surface area contributed by atoms with Crippen molar-refractivity contribution in [2.75, 3.05) is 19.5 Å². The highest BCUT2D eigenvalue weighted by Gasteiger charge is 2.27. The fourth-order valence-corrected chi connectivity index (χ4v) is 2.89. The number of unbranched alkanes of at least 4 members (excludes halogenated alkanes) is 1. The van der Waals surface area contributed by atoms with E-state index in [2.05, 4.69) is 0 Å². The van der Waals surface area contributed by atoms with Gasteiger partial charge in [-0.2, -0.15) is 0 Å². The maximum Gasteiger partial charge on any atom is 0.319 e. The normalized spacial score (nSPS) is 15.2. The number of ether oxygens (including phenoxy) is 1. The van der Waals surface area contributed by atoms with Gasteiger partial charge in [0.25, 0.3) is 0 Å². The molecule has 0 rings (SSSR count). The lowest BCUT2D eigenvalue weighted by Gasteiger charge is -2.15. The van der Waals surface area contributed by atoms with Gasteiger partial charge in [0.2, 0.25) is 0 Å². The molecule has 5 heteroatoms. The van der Waals surface area contributed by atoms with E-state index in [0.717, 1.165) is 12.8 Å². The van der Waals surface area contributed by atoms with E-state index < -0.39 is 22.0 Å². The predicted octanol–water partition coefficient (Wildman–Crippen LogP) is 1.27. The van der Waals surface area contributed by atoms with Gasteiger partial charge in [-0.1, -0.05) is 13.8 Å². The highest BCUT2D eigenvalue weighted by atomic mass is 32.2. The van der Waals surface area contributed by atoms with Crippen LogP contribution in [0, 0.1) is 5.92 Å². The number of aliphatic carboxylic acids is 1. The predicted molar refractivity (Wildman–Crippen MR) is 60.4 cm³/mol. The van der Waals surface area contributed by atoms with E-state index in [1.54, 1.807) is 21.0 Å². The van der Waals surface area contributed by atoms with Crippen LogP contribution in [-0.4, -0.2) is 40.0 Å². The molecule has 1 N–H and O–H groups in total. The SMILES string of the molecule is COCCCCS(=O)C(C(=O)O)C(C)C. The molecule has 0 aromatic heterocycles. The fourth-order valence-electron chi connectivity index (χ4n) is 1.32. The number of rotatable bonds is 8. The molecule has 90 valence electrons. The molecule has 0 aliphatic carbocycles. The molecule has 0 aromatic rings. The molecule has 0 spiro atoms. The third-order valence-electron chi connectivity index (χ3n) is 2.08. The molecule has 2 unspecified atom stereocenters. The van der Waals surface area contributed by atoms with Gasteiger partial charge in [0.05, 0.1) is 0 Å². The van der Waals surface area contributed by atoms with Crippen molar-refractivity contribution in [2.24, 2.45) is 5.92 Å². The van der Waals surface area contributed by atoms with E-state index >= 15 is 0 Å². The summed E-state index contributed by atoms with van der Waals surface area (Å²) in [5.74, 6) is -0.612. The Morgan fingerprint density at radius 3 is 2.40 bits per heavy atom. The second-order valence-corrected chi connectivity index (χ2v) is 5.47. The van der Waals surface area contributed by atoms with Crippen molar-refractivity contribution in [1.82, 2.24) is 0 Å². The first-order valence-electron chi connectivity index (χ1n) is 5.09. The second-order valence-electron chi connectivity index (χ2n) is 3.79. The number of hydrogen-bond acceptors (Lipinski definition) is 3. The minimum atomic E-state index is -1.28. The van der Waals surface area contributed by atoms with Gasteiger partial charge in [-0.3, -0.25) is 9.00 Å². The average molecular weight is 236 g/mol. The van der Waals surface area contributed by atoms with Crippen molar-refractivity contribution in [3.63, 3.8) is 0 Å². The largest absolute Gasteiger partial charge is 0.480 e. The highest BCUT2D eigenvalue weighted by molar-refractivity contribution is 7.86. The van der Waals surface area contributed by atoms with Crippen LogP contribution in [0.5, 0.6) is 0 Å². The summed E-state index contributed by atoms with van der Waals surface area (Å²) in [6.07, 6.45) is 1.57. The lowest BCUT2D eigenvalue weighted by atomic mass is 10.1. The standard InChI is InChI=1S/C10H20O4S/c1-8(2)9(10(11)12)15(13)7-5-4-6-14-3/h8-9H,4-7H2,1-3H3,(H,11,12). The third-order valence-corrected chi connectivity index (χ3v) is 4.08. The van der Waals surface area contributed by atoms with Gasteiger partial charge in [0, 0.05) is 30.3 Å². The van der Waals surface area contributed by atoms with E-state index in [-0.39, 0.29) is 5.92 Å². The summed E-state index contributed by atoms with van der Waals surface area (Å²) >= 11 is 0. The minimum absolute atomic E-state index is 0.0919. The Bertz CT molecular complexity index is 215. The zero-order valence-electron chi connectivity index (χ0n) is 9.56. The molecule has 15 heavy (non-hydrogen) atoms. The molecule has 0 heterocycles. The van der Waals surface area contributed by atoms with Crippen molar-refractivity contribution >= 4 is 16.8 Å². The monoisotopic (exact) mass is 236 g/mol. The Morgan fingerprint density at radius 1 is 1.40 bits per heavy atom. The molecular weight excluding hydrogens is 216 g/mol. The topological polar surface area (TPSA) is 63.6 Å². The van der Waals surface area contributed by atoms with Crippen LogP contribution < -0.4 is 0 Å². The fraction of sp³-hybridized carbons (Fsp3) is 0.900. The van der Waals surface area contributed by atoms with Crippen molar-refractivity contribution in [3.8, 4) is 0 Å². The summed E-state index contributed by atoms with van der Waals surface area (Å²) < 4.78 is 16.5. The Balaban J connectivity index is 3.99. The maximum atomic E-state index is 11.7. The smallest absolute Gasteiger partial charge is 0.319 e. The molecule has 4 nitrogen and oxygen atoms in total.